The van der Waals surface area contributed by atoms with Crippen molar-refractivity contribution in [3.63, 3.8) is 0 Å². The van der Waals surface area contributed by atoms with Gasteiger partial charge in [-0.1, -0.05) is 75.8 Å². The molecule has 41 heavy (non-hydrogen) atoms. The molecular formula is C30H42N4O5S2. The Labute approximate surface area is 252 Å². The van der Waals surface area contributed by atoms with E-state index in [0.717, 1.165) is 75.6 Å². The Balaban J connectivity index is 1.72. The van der Waals surface area contributed by atoms with Crippen LogP contribution in [0.3, 0.4) is 0 Å². The normalized spacial score (nSPS) is 16.6. The molecular weight excluding hydrogens is 560 g/mol. The lowest BCUT2D eigenvalue weighted by atomic mass is 10.0. The Hall–Kier alpha value is -2.68. The third-order valence-corrected chi connectivity index (χ3v) is 8.94. The molecule has 1 aromatic rings. The van der Waals surface area contributed by atoms with E-state index in [-0.39, 0.29) is 23.5 Å². The fourth-order valence-corrected chi connectivity index (χ4v) is 6.50. The van der Waals surface area contributed by atoms with E-state index in [1.165, 1.54) is 11.8 Å². The van der Waals surface area contributed by atoms with Crippen molar-refractivity contribution in [1.82, 2.24) is 9.47 Å². The molecule has 0 saturated carbocycles. The maximum atomic E-state index is 13.5. The topological polar surface area (TPSA) is 116 Å². The van der Waals surface area contributed by atoms with Crippen LogP contribution in [0, 0.1) is 18.3 Å². The number of aliphatic carboxylic acids is 1. The highest BCUT2D eigenvalue weighted by Crippen LogP contribution is 2.36. The summed E-state index contributed by atoms with van der Waals surface area (Å²) in [6, 6.07) is 2.11. The number of nitriles is 1. The molecule has 3 rings (SSSR count). The second kappa shape index (κ2) is 16.7. The monoisotopic (exact) mass is 602 g/mol. The number of aromatic nitrogens is 1. The number of thioether (sulfide) groups is 1. The second-order valence-electron chi connectivity index (χ2n) is 10.6. The molecule has 0 atom stereocenters. The largest absolute Gasteiger partial charge is 0.481 e. The molecule has 2 saturated heterocycles. The van der Waals surface area contributed by atoms with Gasteiger partial charge in [-0.25, -0.2) is 0 Å². The summed E-state index contributed by atoms with van der Waals surface area (Å²) < 4.78 is 7.80. The Morgan fingerprint density at radius 2 is 1.68 bits per heavy atom. The van der Waals surface area contributed by atoms with Crippen LogP contribution in [0.25, 0.3) is 6.08 Å². The first kappa shape index (κ1) is 32.8. The van der Waals surface area contributed by atoms with Crippen molar-refractivity contribution in [3.8, 4) is 6.07 Å². The molecule has 3 heterocycles. The number of hydrogen-bond donors (Lipinski definition) is 1. The maximum Gasteiger partial charge on any atom is 0.303 e. The van der Waals surface area contributed by atoms with Gasteiger partial charge in [-0.2, -0.15) is 5.26 Å². The number of thiocarbonyl (C=S) groups is 1. The second-order valence-corrected chi connectivity index (χ2v) is 12.2. The number of ether oxygens (including phenoxy) is 1. The molecule has 2 aliphatic heterocycles. The van der Waals surface area contributed by atoms with Crippen LogP contribution in [0.2, 0.25) is 0 Å². The van der Waals surface area contributed by atoms with Crippen LogP contribution in [0.5, 0.6) is 0 Å². The number of carboxylic acid groups (broad SMARTS) is 1. The van der Waals surface area contributed by atoms with Gasteiger partial charge in [-0.15, -0.1) is 0 Å². The van der Waals surface area contributed by atoms with Gasteiger partial charge in [0.1, 0.15) is 21.8 Å². The van der Waals surface area contributed by atoms with E-state index in [4.69, 9.17) is 22.1 Å². The highest BCUT2D eigenvalue weighted by molar-refractivity contribution is 8.26. The van der Waals surface area contributed by atoms with E-state index in [2.05, 4.69) is 17.9 Å². The third-order valence-electron chi connectivity index (χ3n) is 7.56. The predicted octanol–water partition coefficient (Wildman–Crippen LogP) is 5.46. The number of carbonyl (C=O) groups excluding carboxylic acids is 1. The zero-order valence-corrected chi connectivity index (χ0v) is 25.9. The average molecular weight is 603 g/mol. The van der Waals surface area contributed by atoms with Gasteiger partial charge in [0.25, 0.3) is 11.5 Å². The van der Waals surface area contributed by atoms with E-state index in [0.29, 0.717) is 54.2 Å². The van der Waals surface area contributed by atoms with Crippen molar-refractivity contribution in [2.75, 3.05) is 37.7 Å². The zero-order chi connectivity index (χ0) is 29.8. The summed E-state index contributed by atoms with van der Waals surface area (Å²) in [5, 5.41) is 18.6. The van der Waals surface area contributed by atoms with E-state index >= 15 is 0 Å². The summed E-state index contributed by atoms with van der Waals surface area (Å²) >= 11 is 6.86. The van der Waals surface area contributed by atoms with E-state index in [1.54, 1.807) is 16.4 Å². The van der Waals surface area contributed by atoms with Crippen LogP contribution in [-0.4, -0.2) is 63.6 Å². The number of carbonyl (C=O) groups is 2. The first-order valence-corrected chi connectivity index (χ1v) is 16.0. The Bertz CT molecular complexity index is 1230. The highest BCUT2D eigenvalue weighted by atomic mass is 32.2. The Morgan fingerprint density at radius 1 is 1.05 bits per heavy atom. The minimum atomic E-state index is -0.730. The molecule has 0 aromatic carbocycles. The van der Waals surface area contributed by atoms with E-state index in [1.807, 2.05) is 6.08 Å². The SMILES string of the molecule is CCCCn1c(N2CCOCC2)c(C=C2SC(=S)N(CCCCCCCCCCC(=O)O)C2=O)c(C)c(C#N)c1=O. The van der Waals surface area contributed by atoms with Crippen molar-refractivity contribution in [3.05, 3.63) is 31.9 Å². The number of unbranched alkanes of at least 4 members (excludes halogenated alkanes) is 8. The van der Waals surface area contributed by atoms with Gasteiger partial charge in [0.15, 0.2) is 0 Å². The van der Waals surface area contributed by atoms with Gasteiger partial charge in [0.05, 0.1) is 18.1 Å². The Morgan fingerprint density at radius 3 is 2.29 bits per heavy atom. The molecule has 0 spiro atoms. The molecule has 2 aliphatic rings. The van der Waals surface area contributed by atoms with Crippen molar-refractivity contribution in [1.29, 1.82) is 5.26 Å². The number of anilines is 1. The number of pyridine rings is 1. The van der Waals surface area contributed by atoms with Gasteiger partial charge < -0.3 is 14.7 Å². The first-order chi connectivity index (χ1) is 19.8. The van der Waals surface area contributed by atoms with Crippen molar-refractivity contribution in [2.45, 2.75) is 91.0 Å². The average Bonchev–Trinajstić information content (AvgIpc) is 3.22. The summed E-state index contributed by atoms with van der Waals surface area (Å²) in [6.45, 7) is 7.27. The molecule has 1 aromatic heterocycles. The fraction of sp³-hybridized carbons (Fsp3) is 0.633. The lowest BCUT2D eigenvalue weighted by molar-refractivity contribution is -0.137. The maximum absolute atomic E-state index is 13.5. The third kappa shape index (κ3) is 8.90. The molecule has 0 aliphatic carbocycles. The number of morpholine rings is 1. The van der Waals surface area contributed by atoms with E-state index in [9.17, 15) is 19.6 Å². The molecule has 1 amide bonds. The molecule has 0 bridgehead atoms. The van der Waals surface area contributed by atoms with E-state index < -0.39 is 5.97 Å². The zero-order valence-electron chi connectivity index (χ0n) is 24.3. The summed E-state index contributed by atoms with van der Waals surface area (Å²) in [4.78, 5) is 41.7. The van der Waals surface area contributed by atoms with Gasteiger partial charge in [-0.3, -0.25) is 23.9 Å². The quantitative estimate of drug-likeness (QED) is 0.150. The van der Waals surface area contributed by atoms with Gasteiger partial charge in [0.2, 0.25) is 0 Å². The molecule has 11 heteroatoms. The fourth-order valence-electron chi connectivity index (χ4n) is 5.21. The van der Waals surface area contributed by atoms with Crippen molar-refractivity contribution < 1.29 is 19.4 Å². The number of carboxylic acids is 1. The van der Waals surface area contributed by atoms with Crippen molar-refractivity contribution in [2.24, 2.45) is 0 Å². The molecule has 0 radical (unpaired) electrons. The first-order valence-electron chi connectivity index (χ1n) is 14.8. The number of hydrogen-bond acceptors (Lipinski definition) is 8. The lowest BCUT2D eigenvalue weighted by Crippen LogP contribution is -2.41. The summed E-state index contributed by atoms with van der Waals surface area (Å²) in [5.41, 5.74) is 1.13. The Kier molecular flexibility index (Phi) is 13.4. The molecule has 2 fully saturated rings. The standard InChI is InChI=1S/C30H42N4O5S2/c1-3-4-14-33-27(32-16-18-39-19-17-32)23(22(2)24(21-31)28(33)37)20-25-29(38)34(30(40)41-25)15-12-10-8-6-5-7-9-11-13-26(35)36/h20H,3-19H2,1-2H3,(H,35,36). The van der Waals surface area contributed by atoms with Crippen LogP contribution in [0.15, 0.2) is 9.70 Å². The van der Waals surface area contributed by atoms with Gasteiger partial charge in [0, 0.05) is 38.2 Å². The molecule has 224 valence electrons. The minimum absolute atomic E-state index is 0.113. The van der Waals surface area contributed by atoms with Crippen LogP contribution < -0.4 is 10.5 Å². The molecule has 9 nitrogen and oxygen atoms in total. The van der Waals surface area contributed by atoms with Gasteiger partial charge in [-0.05, 0) is 37.8 Å². The minimum Gasteiger partial charge on any atom is -0.481 e. The van der Waals surface area contributed by atoms with Crippen molar-refractivity contribution >= 4 is 52.1 Å². The number of nitrogens with zero attached hydrogens (tertiary/aromatic N) is 4. The number of rotatable bonds is 16. The van der Waals surface area contributed by atoms with Crippen LogP contribution in [0.4, 0.5) is 5.82 Å². The predicted molar refractivity (Wildman–Crippen MR) is 167 cm³/mol. The van der Waals surface area contributed by atoms with Crippen LogP contribution >= 0.6 is 24.0 Å². The summed E-state index contributed by atoms with van der Waals surface area (Å²) in [6.07, 6.45) is 11.7. The highest BCUT2D eigenvalue weighted by Gasteiger charge is 2.33. The van der Waals surface area contributed by atoms with Gasteiger partial charge >= 0.3 is 5.97 Å². The summed E-state index contributed by atoms with van der Waals surface area (Å²) in [5.74, 6) is -0.113. The van der Waals surface area contributed by atoms with Crippen LogP contribution in [-0.2, 0) is 20.9 Å². The molecule has 0 unspecified atom stereocenters. The number of amides is 1. The van der Waals surface area contributed by atoms with Crippen LogP contribution in [0.1, 0.15) is 94.2 Å². The molecule has 1 N–H and O–H groups in total. The lowest BCUT2D eigenvalue weighted by Gasteiger charge is -2.33. The smallest absolute Gasteiger partial charge is 0.303 e. The summed E-state index contributed by atoms with van der Waals surface area (Å²) in [7, 11) is 0.